The molecule has 3 aromatic rings. The topological polar surface area (TPSA) is 103 Å². The molecule has 10 heteroatoms. The van der Waals surface area contributed by atoms with Crippen LogP contribution in [-0.2, 0) is 11.3 Å². The first-order valence-corrected chi connectivity index (χ1v) is 10.5. The fourth-order valence-corrected chi connectivity index (χ4v) is 4.00. The summed E-state index contributed by atoms with van der Waals surface area (Å²) >= 11 is 4.82. The van der Waals surface area contributed by atoms with Crippen LogP contribution in [0.15, 0.2) is 52.1 Å². The van der Waals surface area contributed by atoms with Crippen LogP contribution in [0.5, 0.6) is 0 Å². The first kappa shape index (κ1) is 21.0. The molecule has 0 radical (unpaired) electrons. The summed E-state index contributed by atoms with van der Waals surface area (Å²) in [6.07, 6.45) is 0. The van der Waals surface area contributed by atoms with Gasteiger partial charge < -0.3 is 9.88 Å². The summed E-state index contributed by atoms with van der Waals surface area (Å²) in [5.41, 5.74) is 2.10. The smallest absolute Gasteiger partial charge is 0.269 e. The van der Waals surface area contributed by atoms with Crippen molar-refractivity contribution >= 4 is 45.0 Å². The molecule has 1 heterocycles. The Balaban J connectivity index is 1.70. The van der Waals surface area contributed by atoms with Gasteiger partial charge in [0.2, 0.25) is 5.91 Å². The van der Waals surface area contributed by atoms with Crippen LogP contribution in [0.2, 0.25) is 0 Å². The van der Waals surface area contributed by atoms with E-state index in [1.807, 2.05) is 35.8 Å². The number of aryl methyl sites for hydroxylation is 1. The molecule has 0 saturated carbocycles. The highest BCUT2D eigenvalue weighted by atomic mass is 79.9. The zero-order valence-corrected chi connectivity index (χ0v) is 18.2. The molecule has 1 amide bonds. The van der Waals surface area contributed by atoms with Gasteiger partial charge in [0.1, 0.15) is 0 Å². The Morgan fingerprint density at radius 2 is 2.03 bits per heavy atom. The third kappa shape index (κ3) is 4.83. The minimum absolute atomic E-state index is 0.00877. The molecular formula is C19H18BrN5O3S. The van der Waals surface area contributed by atoms with Crippen LogP contribution in [0.3, 0.4) is 0 Å². The van der Waals surface area contributed by atoms with Crippen LogP contribution >= 0.6 is 27.7 Å². The minimum atomic E-state index is -0.464. The van der Waals surface area contributed by atoms with Gasteiger partial charge >= 0.3 is 0 Å². The highest BCUT2D eigenvalue weighted by Gasteiger charge is 2.17. The average molecular weight is 476 g/mol. The molecule has 3 rings (SSSR count). The molecular weight excluding hydrogens is 458 g/mol. The molecule has 1 aromatic heterocycles. The molecule has 0 saturated heterocycles. The second-order valence-corrected chi connectivity index (χ2v) is 7.92. The highest BCUT2D eigenvalue weighted by molar-refractivity contribution is 9.10. The van der Waals surface area contributed by atoms with E-state index in [1.165, 1.54) is 30.0 Å². The average Bonchev–Trinajstić information content (AvgIpc) is 3.10. The van der Waals surface area contributed by atoms with Gasteiger partial charge in [0.05, 0.1) is 10.7 Å². The number of nitro groups is 1. The molecule has 0 unspecified atom stereocenters. The third-order valence-corrected chi connectivity index (χ3v) is 5.83. The number of anilines is 1. The number of aromatic nitrogens is 3. The Morgan fingerprint density at radius 3 is 2.69 bits per heavy atom. The van der Waals surface area contributed by atoms with Crippen molar-refractivity contribution < 1.29 is 9.72 Å². The summed E-state index contributed by atoms with van der Waals surface area (Å²) in [6.45, 7) is 4.37. The van der Waals surface area contributed by atoms with E-state index in [-0.39, 0.29) is 17.3 Å². The molecule has 1 N–H and O–H groups in total. The van der Waals surface area contributed by atoms with E-state index >= 15 is 0 Å². The van der Waals surface area contributed by atoms with E-state index < -0.39 is 4.92 Å². The lowest BCUT2D eigenvalue weighted by Crippen LogP contribution is -2.15. The Bertz CT molecular complexity index is 1070. The van der Waals surface area contributed by atoms with Crippen molar-refractivity contribution in [2.24, 2.45) is 0 Å². The van der Waals surface area contributed by atoms with Gasteiger partial charge in [-0.3, -0.25) is 14.9 Å². The van der Waals surface area contributed by atoms with Gasteiger partial charge in [-0.25, -0.2) is 0 Å². The first-order valence-electron chi connectivity index (χ1n) is 8.76. The fraction of sp³-hybridized carbons (Fsp3) is 0.211. The van der Waals surface area contributed by atoms with Crippen LogP contribution in [0.25, 0.3) is 11.4 Å². The van der Waals surface area contributed by atoms with E-state index in [0.29, 0.717) is 23.0 Å². The number of thioether (sulfide) groups is 1. The van der Waals surface area contributed by atoms with Gasteiger partial charge in [-0.05, 0) is 31.5 Å². The van der Waals surface area contributed by atoms with Gasteiger partial charge in [0.25, 0.3) is 5.69 Å². The number of nitrogens with one attached hydrogen (secondary N) is 1. The SMILES string of the molecule is CCn1c(SCC(=O)Nc2ccc([N+](=O)[O-])cc2C)nnc1-c1ccccc1Br. The molecule has 0 bridgehead atoms. The van der Waals surface area contributed by atoms with Gasteiger partial charge in [0.15, 0.2) is 11.0 Å². The molecule has 150 valence electrons. The molecule has 0 aliphatic carbocycles. The second-order valence-electron chi connectivity index (χ2n) is 6.12. The lowest BCUT2D eigenvalue weighted by molar-refractivity contribution is -0.384. The van der Waals surface area contributed by atoms with Crippen LogP contribution < -0.4 is 5.32 Å². The Morgan fingerprint density at radius 1 is 1.28 bits per heavy atom. The number of nitrogens with zero attached hydrogens (tertiary/aromatic N) is 4. The van der Waals surface area contributed by atoms with Crippen molar-refractivity contribution in [3.05, 3.63) is 62.6 Å². The number of halogens is 1. The maximum Gasteiger partial charge on any atom is 0.269 e. The van der Waals surface area contributed by atoms with E-state index in [2.05, 4.69) is 31.4 Å². The first-order chi connectivity index (χ1) is 13.9. The standard InChI is InChI=1S/C19H18BrN5O3S/c1-3-24-18(14-6-4-5-7-15(14)20)22-23-19(24)29-11-17(26)21-16-9-8-13(25(27)28)10-12(16)2/h4-10H,3,11H2,1-2H3,(H,21,26). The molecule has 0 aliphatic heterocycles. The summed E-state index contributed by atoms with van der Waals surface area (Å²) in [6, 6.07) is 12.1. The largest absolute Gasteiger partial charge is 0.325 e. The number of non-ortho nitro benzene ring substituents is 1. The molecule has 0 spiro atoms. The van der Waals surface area contributed by atoms with Crippen molar-refractivity contribution in [3.63, 3.8) is 0 Å². The lowest BCUT2D eigenvalue weighted by Gasteiger charge is -2.10. The molecule has 29 heavy (non-hydrogen) atoms. The van der Waals surface area contributed by atoms with Crippen LogP contribution in [0.4, 0.5) is 11.4 Å². The van der Waals surface area contributed by atoms with Gasteiger partial charge in [0, 0.05) is 34.4 Å². The molecule has 0 aliphatic rings. The lowest BCUT2D eigenvalue weighted by atomic mass is 10.2. The number of hydrogen-bond donors (Lipinski definition) is 1. The van der Waals surface area contributed by atoms with E-state index in [0.717, 1.165) is 15.9 Å². The molecule has 0 atom stereocenters. The predicted octanol–water partition coefficient (Wildman–Crippen LogP) is 4.67. The Hall–Kier alpha value is -2.72. The molecule has 0 fully saturated rings. The second kappa shape index (κ2) is 9.19. The van der Waals surface area contributed by atoms with Gasteiger partial charge in [-0.15, -0.1) is 10.2 Å². The number of hydrogen-bond acceptors (Lipinski definition) is 6. The van der Waals surface area contributed by atoms with E-state index in [1.54, 1.807) is 6.92 Å². The predicted molar refractivity (Wildman–Crippen MR) is 116 cm³/mol. The molecule has 8 nitrogen and oxygen atoms in total. The molecule has 2 aromatic carbocycles. The summed E-state index contributed by atoms with van der Waals surface area (Å²) in [5.74, 6) is 0.652. The van der Waals surface area contributed by atoms with Gasteiger partial charge in [-0.2, -0.15) is 0 Å². The van der Waals surface area contributed by atoms with Crippen molar-refractivity contribution in [2.45, 2.75) is 25.5 Å². The normalized spacial score (nSPS) is 10.7. The van der Waals surface area contributed by atoms with Crippen LogP contribution in [0.1, 0.15) is 12.5 Å². The fourth-order valence-electron chi connectivity index (χ4n) is 2.74. The van der Waals surface area contributed by atoms with Crippen molar-refractivity contribution in [1.29, 1.82) is 0 Å². The summed E-state index contributed by atoms with van der Waals surface area (Å²) in [4.78, 5) is 22.7. The minimum Gasteiger partial charge on any atom is -0.325 e. The van der Waals surface area contributed by atoms with E-state index in [9.17, 15) is 14.9 Å². The summed E-state index contributed by atoms with van der Waals surface area (Å²) in [5, 5.41) is 22.8. The maximum absolute atomic E-state index is 12.4. The van der Waals surface area contributed by atoms with Crippen molar-refractivity contribution in [2.75, 3.05) is 11.1 Å². The summed E-state index contributed by atoms with van der Waals surface area (Å²) < 4.78 is 2.87. The maximum atomic E-state index is 12.4. The number of rotatable bonds is 7. The Labute approximate surface area is 180 Å². The number of benzene rings is 2. The number of amides is 1. The van der Waals surface area contributed by atoms with E-state index in [4.69, 9.17) is 0 Å². The summed E-state index contributed by atoms with van der Waals surface area (Å²) in [7, 11) is 0. The van der Waals surface area contributed by atoms with Crippen LogP contribution in [-0.4, -0.2) is 31.3 Å². The van der Waals surface area contributed by atoms with Crippen molar-refractivity contribution in [3.8, 4) is 11.4 Å². The Kier molecular flexibility index (Phi) is 6.65. The zero-order chi connectivity index (χ0) is 21.0. The monoisotopic (exact) mass is 475 g/mol. The van der Waals surface area contributed by atoms with Crippen molar-refractivity contribution in [1.82, 2.24) is 14.8 Å². The third-order valence-electron chi connectivity index (χ3n) is 4.18. The quantitative estimate of drug-likeness (QED) is 0.302. The number of carbonyl (C=O) groups excluding carboxylic acids is 1. The number of carbonyl (C=O) groups is 1. The number of nitro benzene ring substituents is 1. The zero-order valence-electron chi connectivity index (χ0n) is 15.8. The highest BCUT2D eigenvalue weighted by Crippen LogP contribution is 2.29. The van der Waals surface area contributed by atoms with Crippen LogP contribution in [0, 0.1) is 17.0 Å². The van der Waals surface area contributed by atoms with Gasteiger partial charge in [-0.1, -0.05) is 45.9 Å².